The van der Waals surface area contributed by atoms with E-state index in [1.54, 1.807) is 0 Å². The Bertz CT molecular complexity index is 636. The molecule has 1 aromatic heterocycles. The van der Waals surface area contributed by atoms with E-state index < -0.39 is 0 Å². The van der Waals surface area contributed by atoms with Gasteiger partial charge in [-0.15, -0.1) is 0 Å². The molecule has 0 bridgehead atoms. The molecular formula is C13H6ClN3. The van der Waals surface area contributed by atoms with E-state index in [4.69, 9.17) is 22.1 Å². The molecule has 0 atom stereocenters. The molecule has 0 spiro atoms. The van der Waals surface area contributed by atoms with Crippen LogP contribution in [0.3, 0.4) is 0 Å². The van der Waals surface area contributed by atoms with Gasteiger partial charge in [0.05, 0.1) is 5.56 Å². The number of rotatable bonds is 1. The molecule has 0 saturated heterocycles. The van der Waals surface area contributed by atoms with Crippen molar-refractivity contribution in [1.29, 1.82) is 10.5 Å². The standard InChI is InChI=1S/C13H6ClN3/c14-13-11(7-16)10(6-15)12(8-17-13)9-4-2-1-3-5-9/h1-5,8H. The van der Waals surface area contributed by atoms with Gasteiger partial charge in [-0.2, -0.15) is 10.5 Å². The fourth-order valence-electron chi connectivity index (χ4n) is 1.54. The topological polar surface area (TPSA) is 60.5 Å². The zero-order valence-electron chi connectivity index (χ0n) is 8.68. The third-order valence-electron chi connectivity index (χ3n) is 2.34. The highest BCUT2D eigenvalue weighted by atomic mass is 35.5. The number of pyridine rings is 1. The first-order valence-corrected chi connectivity index (χ1v) is 5.20. The Labute approximate surface area is 104 Å². The first-order chi connectivity index (χ1) is 8.27. The summed E-state index contributed by atoms with van der Waals surface area (Å²) in [4.78, 5) is 3.93. The molecule has 0 aliphatic carbocycles. The van der Waals surface area contributed by atoms with E-state index in [2.05, 4.69) is 4.98 Å². The number of nitrogens with zero attached hydrogens (tertiary/aromatic N) is 3. The van der Waals surface area contributed by atoms with Crippen molar-refractivity contribution in [3.05, 3.63) is 52.8 Å². The molecule has 0 unspecified atom stereocenters. The van der Waals surface area contributed by atoms with Crippen molar-refractivity contribution >= 4 is 11.6 Å². The van der Waals surface area contributed by atoms with E-state index in [1.807, 2.05) is 42.5 Å². The van der Waals surface area contributed by atoms with Gasteiger partial charge in [0.1, 0.15) is 22.9 Å². The summed E-state index contributed by atoms with van der Waals surface area (Å²) >= 11 is 5.78. The Kier molecular flexibility index (Phi) is 3.05. The monoisotopic (exact) mass is 239 g/mol. The molecule has 1 heterocycles. The lowest BCUT2D eigenvalue weighted by Crippen LogP contribution is -1.93. The zero-order valence-corrected chi connectivity index (χ0v) is 9.44. The van der Waals surface area contributed by atoms with Crippen LogP contribution in [-0.2, 0) is 0 Å². The average molecular weight is 240 g/mol. The van der Waals surface area contributed by atoms with Crippen molar-refractivity contribution in [2.45, 2.75) is 0 Å². The molecule has 80 valence electrons. The minimum Gasteiger partial charge on any atom is -0.242 e. The van der Waals surface area contributed by atoms with E-state index in [0.717, 1.165) is 5.56 Å². The molecule has 0 N–H and O–H groups in total. The van der Waals surface area contributed by atoms with Crippen LogP contribution in [0.25, 0.3) is 11.1 Å². The summed E-state index contributed by atoms with van der Waals surface area (Å²) in [6.45, 7) is 0. The lowest BCUT2D eigenvalue weighted by molar-refractivity contribution is 1.28. The summed E-state index contributed by atoms with van der Waals surface area (Å²) in [5.74, 6) is 0. The zero-order chi connectivity index (χ0) is 12.3. The third-order valence-corrected chi connectivity index (χ3v) is 2.63. The molecule has 0 aliphatic rings. The van der Waals surface area contributed by atoms with Crippen LogP contribution in [-0.4, -0.2) is 4.98 Å². The smallest absolute Gasteiger partial charge is 0.148 e. The van der Waals surface area contributed by atoms with Crippen molar-refractivity contribution in [2.24, 2.45) is 0 Å². The van der Waals surface area contributed by atoms with Crippen LogP contribution in [0, 0.1) is 22.7 Å². The second-order valence-corrected chi connectivity index (χ2v) is 3.66. The Morgan fingerprint density at radius 3 is 2.24 bits per heavy atom. The van der Waals surface area contributed by atoms with Crippen LogP contribution in [0.4, 0.5) is 0 Å². The highest BCUT2D eigenvalue weighted by Gasteiger charge is 2.14. The molecule has 4 heteroatoms. The van der Waals surface area contributed by atoms with E-state index in [1.165, 1.54) is 6.20 Å². The maximum Gasteiger partial charge on any atom is 0.148 e. The lowest BCUT2D eigenvalue weighted by Gasteiger charge is -2.05. The van der Waals surface area contributed by atoms with Crippen molar-refractivity contribution in [3.8, 4) is 23.3 Å². The Morgan fingerprint density at radius 1 is 1.00 bits per heavy atom. The summed E-state index contributed by atoms with van der Waals surface area (Å²) in [6.07, 6.45) is 1.51. The number of halogens is 1. The van der Waals surface area contributed by atoms with Gasteiger partial charge in [-0.05, 0) is 5.56 Å². The lowest BCUT2D eigenvalue weighted by atomic mass is 10.00. The second-order valence-electron chi connectivity index (χ2n) is 3.30. The number of benzene rings is 1. The van der Waals surface area contributed by atoms with Gasteiger partial charge in [0.25, 0.3) is 0 Å². The molecule has 17 heavy (non-hydrogen) atoms. The van der Waals surface area contributed by atoms with Gasteiger partial charge in [0.2, 0.25) is 0 Å². The molecule has 0 aliphatic heterocycles. The maximum atomic E-state index is 9.13. The van der Waals surface area contributed by atoms with Crippen molar-refractivity contribution in [2.75, 3.05) is 0 Å². The number of nitriles is 2. The van der Waals surface area contributed by atoms with Gasteiger partial charge in [0, 0.05) is 11.8 Å². The van der Waals surface area contributed by atoms with Crippen LogP contribution in [0.2, 0.25) is 5.15 Å². The predicted octanol–water partition coefficient (Wildman–Crippen LogP) is 3.15. The molecule has 0 radical (unpaired) electrons. The quantitative estimate of drug-likeness (QED) is 0.718. The van der Waals surface area contributed by atoms with Crippen LogP contribution in [0.1, 0.15) is 11.1 Å². The Hall–Kier alpha value is -2.36. The first kappa shape index (κ1) is 11.1. The van der Waals surface area contributed by atoms with Crippen LogP contribution < -0.4 is 0 Å². The fraction of sp³-hybridized carbons (Fsp3) is 0. The second kappa shape index (κ2) is 4.65. The molecule has 1 aromatic carbocycles. The predicted molar refractivity (Wildman–Crippen MR) is 64.1 cm³/mol. The van der Waals surface area contributed by atoms with Crippen LogP contribution in [0.15, 0.2) is 36.5 Å². The third kappa shape index (κ3) is 1.97. The van der Waals surface area contributed by atoms with E-state index >= 15 is 0 Å². The maximum absolute atomic E-state index is 9.13. The van der Waals surface area contributed by atoms with E-state index in [0.29, 0.717) is 5.56 Å². The molecule has 2 rings (SSSR count). The summed E-state index contributed by atoms with van der Waals surface area (Å²) in [7, 11) is 0. The van der Waals surface area contributed by atoms with Gasteiger partial charge < -0.3 is 0 Å². The van der Waals surface area contributed by atoms with Crippen molar-refractivity contribution < 1.29 is 0 Å². The molecule has 3 nitrogen and oxygen atoms in total. The normalized spacial score (nSPS) is 9.35. The summed E-state index contributed by atoms with van der Waals surface area (Å²) in [5, 5.41) is 18.2. The highest BCUT2D eigenvalue weighted by molar-refractivity contribution is 6.30. The average Bonchev–Trinajstić information content (AvgIpc) is 2.39. The van der Waals surface area contributed by atoms with E-state index in [9.17, 15) is 0 Å². The van der Waals surface area contributed by atoms with Crippen LogP contribution >= 0.6 is 11.6 Å². The van der Waals surface area contributed by atoms with E-state index in [-0.39, 0.29) is 16.3 Å². The van der Waals surface area contributed by atoms with Gasteiger partial charge in [0.15, 0.2) is 0 Å². The number of hydrogen-bond donors (Lipinski definition) is 0. The fourth-order valence-corrected chi connectivity index (χ4v) is 1.73. The minimum absolute atomic E-state index is 0.0590. The molecule has 0 amide bonds. The summed E-state index contributed by atoms with van der Waals surface area (Å²) in [5.41, 5.74) is 1.84. The molecule has 0 saturated carbocycles. The molecule has 0 fully saturated rings. The SMILES string of the molecule is N#Cc1c(-c2ccccc2)cnc(Cl)c1C#N. The Balaban J connectivity index is 2.74. The van der Waals surface area contributed by atoms with Crippen molar-refractivity contribution in [3.63, 3.8) is 0 Å². The van der Waals surface area contributed by atoms with Crippen molar-refractivity contribution in [1.82, 2.24) is 4.98 Å². The molecular weight excluding hydrogens is 234 g/mol. The largest absolute Gasteiger partial charge is 0.242 e. The highest BCUT2D eigenvalue weighted by Crippen LogP contribution is 2.27. The number of aromatic nitrogens is 1. The van der Waals surface area contributed by atoms with Gasteiger partial charge in [-0.1, -0.05) is 41.9 Å². The summed E-state index contributed by atoms with van der Waals surface area (Å²) in [6, 6.07) is 13.2. The van der Waals surface area contributed by atoms with Gasteiger partial charge >= 0.3 is 0 Å². The number of hydrogen-bond acceptors (Lipinski definition) is 3. The Morgan fingerprint density at radius 2 is 1.65 bits per heavy atom. The van der Waals surface area contributed by atoms with Crippen LogP contribution in [0.5, 0.6) is 0 Å². The van der Waals surface area contributed by atoms with Gasteiger partial charge in [-0.25, -0.2) is 4.98 Å². The first-order valence-electron chi connectivity index (χ1n) is 4.82. The molecule has 2 aromatic rings. The minimum atomic E-state index is 0.0590. The van der Waals surface area contributed by atoms with Gasteiger partial charge in [-0.3, -0.25) is 0 Å². The summed E-state index contributed by atoms with van der Waals surface area (Å²) < 4.78 is 0.